The predicted octanol–water partition coefficient (Wildman–Crippen LogP) is 5.84. The van der Waals surface area contributed by atoms with E-state index in [1.165, 1.54) is 47.8 Å². The standard InChI is InChI=1S/C21H12N4O4S3/c26-19-17(30-20(24-19)22-12-5-7-13(8-6-12)25(27)28)11-14-9-10-18(29-14)32-21-23-15-3-1-2-4-16(15)31-21/h1-11H,(H,22,24,26)/b17-11-. The number of benzene rings is 2. The first-order chi connectivity index (χ1) is 15.5. The van der Waals surface area contributed by atoms with E-state index in [4.69, 9.17) is 4.42 Å². The van der Waals surface area contributed by atoms with Crippen LogP contribution in [0.5, 0.6) is 0 Å². The second kappa shape index (κ2) is 8.61. The Morgan fingerprint density at radius 3 is 2.72 bits per heavy atom. The third kappa shape index (κ3) is 4.44. The Hall–Kier alpha value is -3.41. The van der Waals surface area contributed by atoms with E-state index in [0.717, 1.165) is 14.6 Å². The molecule has 1 amide bonds. The number of furan rings is 1. The minimum atomic E-state index is -0.476. The normalized spacial score (nSPS) is 16.2. The van der Waals surface area contributed by atoms with Crippen molar-refractivity contribution in [2.45, 2.75) is 9.43 Å². The number of fused-ring (bicyclic) bond motifs is 1. The first-order valence-electron chi connectivity index (χ1n) is 9.21. The van der Waals surface area contributed by atoms with Gasteiger partial charge in [0.15, 0.2) is 14.6 Å². The number of thiazole rings is 1. The number of nitro groups is 1. The molecule has 1 aliphatic rings. The number of amidine groups is 1. The van der Waals surface area contributed by atoms with Gasteiger partial charge in [0, 0.05) is 18.2 Å². The van der Waals surface area contributed by atoms with E-state index in [1.807, 2.05) is 30.3 Å². The summed E-state index contributed by atoms with van der Waals surface area (Å²) in [5, 5.41) is 14.5. The van der Waals surface area contributed by atoms with Crippen LogP contribution in [0.15, 0.2) is 84.4 Å². The molecule has 0 saturated carbocycles. The first kappa shape index (κ1) is 20.5. The van der Waals surface area contributed by atoms with Crippen molar-refractivity contribution in [2.75, 3.05) is 0 Å². The molecule has 5 rings (SSSR count). The second-order valence-corrected chi connectivity index (χ2v) is 9.77. The summed E-state index contributed by atoms with van der Waals surface area (Å²) in [6.07, 6.45) is 1.65. The largest absolute Gasteiger partial charge is 0.450 e. The number of para-hydroxylation sites is 1. The fraction of sp³-hybridized carbons (Fsp3) is 0. The Labute approximate surface area is 193 Å². The molecule has 4 aromatic rings. The smallest absolute Gasteiger partial charge is 0.269 e. The van der Waals surface area contributed by atoms with Crippen molar-refractivity contribution in [3.63, 3.8) is 0 Å². The van der Waals surface area contributed by atoms with Gasteiger partial charge >= 0.3 is 0 Å². The van der Waals surface area contributed by atoms with Gasteiger partial charge in [-0.2, -0.15) is 0 Å². The van der Waals surface area contributed by atoms with Crippen molar-refractivity contribution in [1.29, 1.82) is 0 Å². The van der Waals surface area contributed by atoms with Crippen LogP contribution in [0.25, 0.3) is 16.3 Å². The van der Waals surface area contributed by atoms with Gasteiger partial charge in [-0.25, -0.2) is 9.98 Å². The van der Waals surface area contributed by atoms with Crippen molar-refractivity contribution in [3.05, 3.63) is 81.4 Å². The minimum absolute atomic E-state index is 0.0185. The molecule has 0 spiro atoms. The topological polar surface area (TPSA) is 111 Å². The maximum atomic E-state index is 12.3. The van der Waals surface area contributed by atoms with E-state index >= 15 is 0 Å². The van der Waals surface area contributed by atoms with E-state index in [0.29, 0.717) is 26.6 Å². The zero-order valence-electron chi connectivity index (χ0n) is 16.1. The summed E-state index contributed by atoms with van der Waals surface area (Å²) in [7, 11) is 0. The summed E-state index contributed by atoms with van der Waals surface area (Å²) < 4.78 is 7.83. The number of rotatable bonds is 5. The van der Waals surface area contributed by atoms with Crippen molar-refractivity contribution >= 4 is 73.6 Å². The van der Waals surface area contributed by atoms with Crippen LogP contribution in [0, 0.1) is 10.1 Å². The van der Waals surface area contributed by atoms with Crippen LogP contribution in [-0.4, -0.2) is 21.0 Å². The summed E-state index contributed by atoms with van der Waals surface area (Å²) >= 11 is 4.20. The van der Waals surface area contributed by atoms with E-state index in [9.17, 15) is 14.9 Å². The molecule has 1 fully saturated rings. The second-order valence-electron chi connectivity index (χ2n) is 6.46. The van der Waals surface area contributed by atoms with Gasteiger partial charge in [0.2, 0.25) is 0 Å². The minimum Gasteiger partial charge on any atom is -0.450 e. The zero-order valence-corrected chi connectivity index (χ0v) is 18.5. The number of non-ortho nitro benzene ring substituents is 1. The van der Waals surface area contributed by atoms with E-state index < -0.39 is 4.92 Å². The fourth-order valence-corrected chi connectivity index (χ4v) is 5.61. The molecule has 0 atom stereocenters. The summed E-state index contributed by atoms with van der Waals surface area (Å²) in [5.74, 6) is 0.260. The number of nitrogens with zero attached hydrogens (tertiary/aromatic N) is 3. The van der Waals surface area contributed by atoms with Crippen LogP contribution in [-0.2, 0) is 4.79 Å². The molecule has 1 saturated heterocycles. The molecule has 0 unspecified atom stereocenters. The number of aromatic nitrogens is 1. The third-order valence-corrected chi connectivity index (χ3v) is 7.21. The SMILES string of the molecule is O=C1NC(=Nc2ccc([N+](=O)[O-])cc2)S/C1=C\c1ccc(Sc2nc3ccccc3s2)o1. The van der Waals surface area contributed by atoms with Gasteiger partial charge in [0.05, 0.1) is 25.7 Å². The number of amides is 1. The molecular formula is C21H12N4O4S3. The molecule has 2 aromatic heterocycles. The highest BCUT2D eigenvalue weighted by molar-refractivity contribution is 8.18. The van der Waals surface area contributed by atoms with Crippen molar-refractivity contribution in [1.82, 2.24) is 10.3 Å². The highest BCUT2D eigenvalue weighted by Gasteiger charge is 2.24. The summed E-state index contributed by atoms with van der Waals surface area (Å²) in [6.45, 7) is 0. The van der Waals surface area contributed by atoms with E-state index in [-0.39, 0.29) is 11.6 Å². The van der Waals surface area contributed by atoms with Gasteiger partial charge in [-0.1, -0.05) is 12.1 Å². The van der Waals surface area contributed by atoms with Crippen LogP contribution in [0.2, 0.25) is 0 Å². The first-order valence-corrected chi connectivity index (χ1v) is 11.7. The average Bonchev–Trinajstić information content (AvgIpc) is 3.48. The quantitative estimate of drug-likeness (QED) is 0.217. The number of carbonyl (C=O) groups is 1. The molecule has 2 aromatic carbocycles. The van der Waals surface area contributed by atoms with Gasteiger partial charge in [-0.15, -0.1) is 11.3 Å². The van der Waals surface area contributed by atoms with Crippen molar-refractivity contribution in [3.8, 4) is 0 Å². The van der Waals surface area contributed by atoms with Crippen LogP contribution >= 0.6 is 34.9 Å². The molecular weight excluding hydrogens is 468 g/mol. The molecule has 0 radical (unpaired) electrons. The molecule has 3 heterocycles. The number of nitro benzene ring substituents is 1. The lowest BCUT2D eigenvalue weighted by Gasteiger charge is -1.96. The zero-order chi connectivity index (χ0) is 22.1. The van der Waals surface area contributed by atoms with Crippen LogP contribution in [0.4, 0.5) is 11.4 Å². The molecule has 8 nitrogen and oxygen atoms in total. The number of carbonyl (C=O) groups excluding carboxylic acids is 1. The van der Waals surface area contributed by atoms with Gasteiger partial charge in [0.25, 0.3) is 11.6 Å². The molecule has 11 heteroatoms. The summed E-state index contributed by atoms with van der Waals surface area (Å²) in [4.78, 5) is 31.9. The van der Waals surface area contributed by atoms with Gasteiger partial charge in [-0.05, 0) is 59.9 Å². The van der Waals surface area contributed by atoms with Crippen LogP contribution in [0.3, 0.4) is 0 Å². The van der Waals surface area contributed by atoms with Crippen molar-refractivity contribution < 1.29 is 14.1 Å². The maximum Gasteiger partial charge on any atom is 0.269 e. The lowest BCUT2D eigenvalue weighted by atomic mass is 10.3. The highest BCUT2D eigenvalue weighted by Crippen LogP contribution is 2.36. The number of aliphatic imine (C=N–C) groups is 1. The fourth-order valence-electron chi connectivity index (χ4n) is 2.82. The Bertz CT molecular complexity index is 1370. The van der Waals surface area contributed by atoms with Gasteiger partial charge < -0.3 is 9.73 Å². The molecule has 1 aliphatic heterocycles. The molecule has 158 valence electrons. The van der Waals surface area contributed by atoms with E-state index in [1.54, 1.807) is 23.5 Å². The monoisotopic (exact) mass is 480 g/mol. The Morgan fingerprint density at radius 1 is 1.12 bits per heavy atom. The van der Waals surface area contributed by atoms with Crippen LogP contribution in [0.1, 0.15) is 5.76 Å². The Balaban J connectivity index is 1.29. The third-order valence-electron chi connectivity index (χ3n) is 4.28. The Morgan fingerprint density at radius 2 is 1.94 bits per heavy atom. The lowest BCUT2D eigenvalue weighted by molar-refractivity contribution is -0.384. The predicted molar refractivity (Wildman–Crippen MR) is 126 cm³/mol. The van der Waals surface area contributed by atoms with Gasteiger partial charge in [0.1, 0.15) is 5.76 Å². The Kier molecular flexibility index (Phi) is 5.52. The average molecular weight is 481 g/mol. The number of hydrogen-bond acceptors (Lipinski definition) is 9. The van der Waals surface area contributed by atoms with Crippen LogP contribution < -0.4 is 5.32 Å². The number of hydrogen-bond donors (Lipinski definition) is 1. The maximum absolute atomic E-state index is 12.3. The molecule has 0 aliphatic carbocycles. The summed E-state index contributed by atoms with van der Waals surface area (Å²) in [5.41, 5.74) is 1.44. The lowest BCUT2D eigenvalue weighted by Crippen LogP contribution is -2.19. The van der Waals surface area contributed by atoms with Gasteiger partial charge in [-0.3, -0.25) is 14.9 Å². The molecule has 32 heavy (non-hydrogen) atoms. The molecule has 0 bridgehead atoms. The molecule has 1 N–H and O–H groups in total. The summed E-state index contributed by atoms with van der Waals surface area (Å²) in [6, 6.07) is 17.4. The van der Waals surface area contributed by atoms with Crippen molar-refractivity contribution in [2.24, 2.45) is 4.99 Å². The highest BCUT2D eigenvalue weighted by atomic mass is 32.2. The number of thioether (sulfide) groups is 1. The van der Waals surface area contributed by atoms with E-state index in [2.05, 4.69) is 15.3 Å². The number of nitrogens with one attached hydrogen (secondary N) is 1.